The van der Waals surface area contributed by atoms with Crippen LogP contribution in [0, 0.1) is 0 Å². The van der Waals surface area contributed by atoms with Crippen molar-refractivity contribution < 1.29 is 9.59 Å². The molecule has 1 aromatic rings. The first-order valence-corrected chi connectivity index (χ1v) is 7.00. The molecule has 0 fully saturated rings. The molecule has 2 amide bonds. The van der Waals surface area contributed by atoms with Gasteiger partial charge in [-0.1, -0.05) is 36.2 Å². The van der Waals surface area contributed by atoms with E-state index in [1.54, 1.807) is 25.2 Å². The molecule has 110 valence electrons. The number of nitrogens with zero attached hydrogens (tertiary/aromatic N) is 1. The average molecular weight is 317 g/mol. The van der Waals surface area contributed by atoms with Crippen LogP contribution in [0.5, 0.6) is 0 Å². The van der Waals surface area contributed by atoms with Crippen LogP contribution in [-0.4, -0.2) is 36.9 Å². The first kappa shape index (κ1) is 16.8. The van der Waals surface area contributed by atoms with Crippen LogP contribution in [0.3, 0.4) is 0 Å². The molecular weight excluding hydrogens is 299 g/mol. The topological polar surface area (TPSA) is 49.4 Å². The summed E-state index contributed by atoms with van der Waals surface area (Å²) in [5, 5.41) is 3.94. The first-order valence-electron chi connectivity index (χ1n) is 6.25. The Morgan fingerprint density at radius 1 is 1.30 bits per heavy atom. The van der Waals surface area contributed by atoms with Crippen molar-refractivity contribution in [1.82, 2.24) is 10.2 Å². The monoisotopic (exact) mass is 316 g/mol. The lowest BCUT2D eigenvalue weighted by molar-refractivity contribution is -0.133. The van der Waals surface area contributed by atoms with Gasteiger partial charge in [-0.25, -0.2) is 0 Å². The van der Waals surface area contributed by atoms with Crippen molar-refractivity contribution in [3.8, 4) is 0 Å². The smallest absolute Gasteiger partial charge is 0.239 e. The maximum absolute atomic E-state index is 11.7. The SMILES string of the molecule is CC(=O)N(C)CC(=O)NC[C@H](C)c1c(Cl)cccc1Cl. The average Bonchev–Trinajstić information content (AvgIpc) is 2.36. The number of amides is 2. The van der Waals surface area contributed by atoms with Gasteiger partial charge in [-0.15, -0.1) is 0 Å². The van der Waals surface area contributed by atoms with Crippen molar-refractivity contribution in [3.63, 3.8) is 0 Å². The van der Waals surface area contributed by atoms with Crippen LogP contribution in [0.15, 0.2) is 18.2 Å². The van der Waals surface area contributed by atoms with Gasteiger partial charge in [0.15, 0.2) is 0 Å². The van der Waals surface area contributed by atoms with Gasteiger partial charge < -0.3 is 10.2 Å². The van der Waals surface area contributed by atoms with E-state index >= 15 is 0 Å². The van der Waals surface area contributed by atoms with Gasteiger partial charge in [0.05, 0.1) is 6.54 Å². The van der Waals surface area contributed by atoms with E-state index in [0.29, 0.717) is 16.6 Å². The fourth-order valence-corrected chi connectivity index (χ4v) is 2.50. The van der Waals surface area contributed by atoms with E-state index in [9.17, 15) is 9.59 Å². The van der Waals surface area contributed by atoms with E-state index < -0.39 is 0 Å². The van der Waals surface area contributed by atoms with E-state index in [0.717, 1.165) is 5.56 Å². The second-order valence-corrected chi connectivity index (χ2v) is 5.53. The van der Waals surface area contributed by atoms with E-state index in [1.807, 2.05) is 6.92 Å². The molecule has 0 spiro atoms. The Labute approximate surface area is 129 Å². The van der Waals surface area contributed by atoms with Crippen LogP contribution >= 0.6 is 23.2 Å². The molecule has 0 saturated carbocycles. The summed E-state index contributed by atoms with van der Waals surface area (Å²) in [7, 11) is 1.58. The van der Waals surface area contributed by atoms with Crippen molar-refractivity contribution in [2.24, 2.45) is 0 Å². The molecule has 6 heteroatoms. The summed E-state index contributed by atoms with van der Waals surface area (Å²) in [4.78, 5) is 24.1. The zero-order chi connectivity index (χ0) is 15.3. The normalized spacial score (nSPS) is 11.8. The first-order chi connectivity index (χ1) is 9.32. The van der Waals surface area contributed by atoms with Gasteiger partial charge in [-0.3, -0.25) is 9.59 Å². The fraction of sp³-hybridized carbons (Fsp3) is 0.429. The summed E-state index contributed by atoms with van der Waals surface area (Å²) < 4.78 is 0. The molecule has 1 rings (SSSR count). The summed E-state index contributed by atoms with van der Waals surface area (Å²) in [5.41, 5.74) is 0.816. The summed E-state index contributed by atoms with van der Waals surface area (Å²) in [6.07, 6.45) is 0. The minimum absolute atomic E-state index is 0.0113. The Bertz CT molecular complexity index is 486. The lowest BCUT2D eigenvalue weighted by Crippen LogP contribution is -2.38. The quantitative estimate of drug-likeness (QED) is 0.908. The highest BCUT2D eigenvalue weighted by atomic mass is 35.5. The minimum Gasteiger partial charge on any atom is -0.354 e. The van der Waals surface area contributed by atoms with Crippen molar-refractivity contribution in [2.45, 2.75) is 19.8 Å². The molecule has 0 aliphatic carbocycles. The second-order valence-electron chi connectivity index (χ2n) is 4.72. The number of nitrogens with one attached hydrogen (secondary N) is 1. The number of rotatable bonds is 5. The van der Waals surface area contributed by atoms with Crippen LogP contribution < -0.4 is 5.32 Å². The van der Waals surface area contributed by atoms with Gasteiger partial charge in [0.2, 0.25) is 11.8 Å². The van der Waals surface area contributed by atoms with Gasteiger partial charge in [0.25, 0.3) is 0 Å². The van der Waals surface area contributed by atoms with Crippen molar-refractivity contribution in [1.29, 1.82) is 0 Å². The van der Waals surface area contributed by atoms with Gasteiger partial charge in [-0.2, -0.15) is 0 Å². The molecule has 0 aliphatic rings. The summed E-state index contributed by atoms with van der Waals surface area (Å²) in [5.74, 6) is -0.372. The molecule has 1 aromatic carbocycles. The molecule has 20 heavy (non-hydrogen) atoms. The fourth-order valence-electron chi connectivity index (χ4n) is 1.73. The lowest BCUT2D eigenvalue weighted by Gasteiger charge is -2.18. The molecule has 1 atom stereocenters. The van der Waals surface area contributed by atoms with Crippen molar-refractivity contribution >= 4 is 35.0 Å². The standard InChI is InChI=1S/C14H18Cl2N2O2/c1-9(14-11(15)5-4-6-12(14)16)7-17-13(20)8-18(3)10(2)19/h4-6,9H,7-8H2,1-3H3,(H,17,20)/t9-/m0/s1. The maximum atomic E-state index is 11.7. The second kappa shape index (κ2) is 7.50. The van der Waals surface area contributed by atoms with Crippen LogP contribution in [0.4, 0.5) is 0 Å². The number of likely N-dealkylation sites (N-methyl/N-ethyl adjacent to an activating group) is 1. The minimum atomic E-state index is -0.210. The predicted molar refractivity (Wildman–Crippen MR) is 81.2 cm³/mol. The molecule has 0 unspecified atom stereocenters. The van der Waals surface area contributed by atoms with Crippen molar-refractivity contribution in [3.05, 3.63) is 33.8 Å². The highest BCUT2D eigenvalue weighted by Gasteiger charge is 2.15. The molecule has 0 aliphatic heterocycles. The number of hydrogen-bond acceptors (Lipinski definition) is 2. The number of carbonyl (C=O) groups excluding carboxylic acids is 2. The van der Waals surface area contributed by atoms with Gasteiger partial charge >= 0.3 is 0 Å². The number of hydrogen-bond donors (Lipinski definition) is 1. The van der Waals surface area contributed by atoms with E-state index in [-0.39, 0.29) is 24.3 Å². The Kier molecular flexibility index (Phi) is 6.30. The predicted octanol–water partition coefficient (Wildman–Crippen LogP) is 2.69. The van der Waals surface area contributed by atoms with E-state index in [2.05, 4.69) is 5.32 Å². The molecule has 0 heterocycles. The zero-order valence-corrected chi connectivity index (χ0v) is 13.3. The lowest BCUT2D eigenvalue weighted by atomic mass is 10.0. The Balaban J connectivity index is 2.57. The molecule has 1 N–H and O–H groups in total. The van der Waals surface area contributed by atoms with Crippen molar-refractivity contribution in [2.75, 3.05) is 20.1 Å². The molecular formula is C14H18Cl2N2O2. The summed E-state index contributed by atoms with van der Waals surface area (Å²) in [6.45, 7) is 3.80. The van der Waals surface area contributed by atoms with E-state index in [1.165, 1.54) is 11.8 Å². The Morgan fingerprint density at radius 2 is 1.85 bits per heavy atom. The van der Waals surface area contributed by atoms with E-state index in [4.69, 9.17) is 23.2 Å². The third-order valence-electron chi connectivity index (χ3n) is 3.02. The third-order valence-corrected chi connectivity index (χ3v) is 3.68. The number of halogens is 2. The largest absolute Gasteiger partial charge is 0.354 e. The summed E-state index contributed by atoms with van der Waals surface area (Å²) >= 11 is 12.2. The Hall–Kier alpha value is -1.26. The highest BCUT2D eigenvalue weighted by Crippen LogP contribution is 2.30. The van der Waals surface area contributed by atoms with Gasteiger partial charge in [0, 0.05) is 36.5 Å². The van der Waals surface area contributed by atoms with Crippen LogP contribution in [0.2, 0.25) is 10.0 Å². The number of carbonyl (C=O) groups is 2. The van der Waals surface area contributed by atoms with Crippen LogP contribution in [0.1, 0.15) is 25.3 Å². The molecule has 0 aromatic heterocycles. The molecule has 0 radical (unpaired) electrons. The summed E-state index contributed by atoms with van der Waals surface area (Å²) in [6, 6.07) is 5.32. The molecule has 0 saturated heterocycles. The highest BCUT2D eigenvalue weighted by molar-refractivity contribution is 6.36. The van der Waals surface area contributed by atoms with Crippen LogP contribution in [-0.2, 0) is 9.59 Å². The Morgan fingerprint density at radius 3 is 2.35 bits per heavy atom. The van der Waals surface area contributed by atoms with Crippen LogP contribution in [0.25, 0.3) is 0 Å². The maximum Gasteiger partial charge on any atom is 0.239 e. The zero-order valence-electron chi connectivity index (χ0n) is 11.7. The van der Waals surface area contributed by atoms with Gasteiger partial charge in [-0.05, 0) is 17.7 Å². The molecule has 0 bridgehead atoms. The third kappa shape index (κ3) is 4.69. The number of benzene rings is 1. The van der Waals surface area contributed by atoms with Gasteiger partial charge in [0.1, 0.15) is 0 Å². The molecule has 4 nitrogen and oxygen atoms in total.